The molecule has 3 aromatic rings. The Hall–Kier alpha value is -2.38. The molecule has 0 unspecified atom stereocenters. The Morgan fingerprint density at radius 3 is 2.32 bits per heavy atom. The molecule has 8 heteroatoms. The highest BCUT2D eigenvalue weighted by atomic mass is 35.5. The van der Waals surface area contributed by atoms with E-state index in [9.17, 15) is 22.7 Å². The third kappa shape index (κ3) is 2.79. The predicted molar refractivity (Wildman–Crippen MR) is 91.6 cm³/mol. The van der Waals surface area contributed by atoms with Crippen LogP contribution in [-0.4, -0.2) is 24.5 Å². The highest BCUT2D eigenvalue weighted by molar-refractivity contribution is 7.91. The standard InChI is InChI=1S/C17H13ClFNO4S/c1-8-5-9(2)7-10(6-8)25(23,24)16-13-12(20-15(16)17(21)22)4-3-11(18)14(13)19/h3-7,20H,1-2H3,(H,21,22). The molecule has 3 rings (SSSR count). The summed E-state index contributed by atoms with van der Waals surface area (Å²) in [6.07, 6.45) is 0. The molecule has 0 aliphatic rings. The number of aromatic nitrogens is 1. The number of aromatic carboxylic acids is 1. The van der Waals surface area contributed by atoms with E-state index >= 15 is 0 Å². The first kappa shape index (κ1) is 17.4. The first-order valence-corrected chi connectivity index (χ1v) is 9.05. The topological polar surface area (TPSA) is 87.2 Å². The van der Waals surface area contributed by atoms with E-state index in [0.717, 1.165) is 0 Å². The molecule has 0 amide bonds. The Morgan fingerprint density at radius 1 is 1.16 bits per heavy atom. The molecule has 0 aliphatic carbocycles. The van der Waals surface area contributed by atoms with Gasteiger partial charge in [-0.05, 0) is 49.2 Å². The number of halogens is 2. The van der Waals surface area contributed by atoms with Crippen LogP contribution in [0, 0.1) is 19.7 Å². The maximum absolute atomic E-state index is 14.5. The quantitative estimate of drug-likeness (QED) is 0.714. The van der Waals surface area contributed by atoms with Gasteiger partial charge in [0.05, 0.1) is 20.8 Å². The van der Waals surface area contributed by atoms with E-state index in [2.05, 4.69) is 4.98 Å². The summed E-state index contributed by atoms with van der Waals surface area (Å²) in [7, 11) is -4.29. The van der Waals surface area contributed by atoms with Crippen LogP contribution in [0.3, 0.4) is 0 Å². The molecule has 0 bridgehead atoms. The third-order valence-corrected chi connectivity index (χ3v) is 5.89. The summed E-state index contributed by atoms with van der Waals surface area (Å²) in [5.74, 6) is -2.49. The Balaban J connectivity index is 2.46. The number of aryl methyl sites for hydroxylation is 2. The van der Waals surface area contributed by atoms with Gasteiger partial charge in [0.1, 0.15) is 10.6 Å². The zero-order valence-electron chi connectivity index (χ0n) is 13.2. The number of carboxylic acids is 1. The van der Waals surface area contributed by atoms with Gasteiger partial charge in [0.15, 0.2) is 5.82 Å². The first-order valence-electron chi connectivity index (χ1n) is 7.19. The smallest absolute Gasteiger partial charge is 0.353 e. The lowest BCUT2D eigenvalue weighted by Gasteiger charge is -2.08. The number of H-pyrrole nitrogens is 1. The van der Waals surface area contributed by atoms with Gasteiger partial charge in [0.25, 0.3) is 0 Å². The monoisotopic (exact) mass is 381 g/mol. The average Bonchev–Trinajstić information content (AvgIpc) is 2.91. The summed E-state index contributed by atoms with van der Waals surface area (Å²) in [6, 6.07) is 7.18. The molecule has 1 aromatic heterocycles. The van der Waals surface area contributed by atoms with Crippen LogP contribution in [0.25, 0.3) is 10.9 Å². The minimum Gasteiger partial charge on any atom is -0.477 e. The molecule has 0 atom stereocenters. The van der Waals surface area contributed by atoms with E-state index in [0.29, 0.717) is 11.1 Å². The zero-order valence-corrected chi connectivity index (χ0v) is 14.8. The van der Waals surface area contributed by atoms with Crippen molar-refractivity contribution >= 4 is 38.3 Å². The molecule has 0 saturated carbocycles. The van der Waals surface area contributed by atoms with Crippen LogP contribution in [-0.2, 0) is 9.84 Å². The van der Waals surface area contributed by atoms with Gasteiger partial charge in [0.2, 0.25) is 9.84 Å². The number of carbonyl (C=O) groups is 1. The number of nitrogens with one attached hydrogen (secondary N) is 1. The summed E-state index contributed by atoms with van der Waals surface area (Å²) in [6.45, 7) is 3.44. The minimum absolute atomic E-state index is 0.0438. The van der Waals surface area contributed by atoms with E-state index in [1.54, 1.807) is 19.9 Å². The zero-order chi connectivity index (χ0) is 18.5. The van der Waals surface area contributed by atoms with E-state index in [1.807, 2.05) is 0 Å². The molecule has 0 fully saturated rings. The lowest BCUT2D eigenvalue weighted by Crippen LogP contribution is -2.09. The molecule has 0 spiro atoms. The lowest BCUT2D eigenvalue weighted by molar-refractivity contribution is 0.0687. The predicted octanol–water partition coefficient (Wildman–Crippen LogP) is 4.11. The molecule has 5 nitrogen and oxygen atoms in total. The van der Waals surface area contributed by atoms with Gasteiger partial charge in [-0.2, -0.15) is 0 Å². The molecule has 2 aromatic carbocycles. The van der Waals surface area contributed by atoms with Crippen molar-refractivity contribution in [3.8, 4) is 0 Å². The number of hydrogen-bond acceptors (Lipinski definition) is 3. The van der Waals surface area contributed by atoms with Gasteiger partial charge in [-0.25, -0.2) is 17.6 Å². The number of carboxylic acid groups (broad SMARTS) is 1. The summed E-state index contributed by atoms with van der Waals surface area (Å²) in [5, 5.41) is 8.75. The minimum atomic E-state index is -4.29. The van der Waals surface area contributed by atoms with Crippen molar-refractivity contribution in [3.05, 3.63) is 58.0 Å². The lowest BCUT2D eigenvalue weighted by atomic mass is 10.2. The summed E-state index contributed by atoms with van der Waals surface area (Å²) >= 11 is 5.76. The van der Waals surface area contributed by atoms with Crippen LogP contribution >= 0.6 is 11.6 Å². The molecular weight excluding hydrogens is 369 g/mol. The Bertz CT molecular complexity index is 1110. The van der Waals surface area contributed by atoms with Gasteiger partial charge < -0.3 is 10.1 Å². The van der Waals surface area contributed by atoms with Crippen LogP contribution in [0.2, 0.25) is 5.02 Å². The molecule has 0 saturated heterocycles. The number of aromatic amines is 1. The van der Waals surface area contributed by atoms with E-state index in [4.69, 9.17) is 11.6 Å². The second-order valence-corrected chi connectivity index (χ2v) is 8.04. The third-order valence-electron chi connectivity index (χ3n) is 3.80. The molecule has 0 aliphatic heterocycles. The van der Waals surface area contributed by atoms with Crippen molar-refractivity contribution < 1.29 is 22.7 Å². The SMILES string of the molecule is Cc1cc(C)cc(S(=O)(=O)c2c(C(=O)O)[nH]c3ccc(Cl)c(F)c23)c1. The van der Waals surface area contributed by atoms with Crippen molar-refractivity contribution in [1.82, 2.24) is 4.98 Å². The number of sulfone groups is 1. The van der Waals surface area contributed by atoms with Crippen molar-refractivity contribution in [2.45, 2.75) is 23.6 Å². The largest absolute Gasteiger partial charge is 0.477 e. The fourth-order valence-electron chi connectivity index (χ4n) is 2.82. The van der Waals surface area contributed by atoms with Crippen molar-refractivity contribution in [2.75, 3.05) is 0 Å². The van der Waals surface area contributed by atoms with Gasteiger partial charge >= 0.3 is 5.97 Å². The molecule has 0 radical (unpaired) electrons. The maximum Gasteiger partial charge on any atom is 0.353 e. The second kappa shape index (κ2) is 5.86. The van der Waals surface area contributed by atoms with Gasteiger partial charge in [-0.15, -0.1) is 0 Å². The molecular formula is C17H13ClFNO4S. The van der Waals surface area contributed by atoms with Gasteiger partial charge in [-0.1, -0.05) is 17.7 Å². The van der Waals surface area contributed by atoms with Gasteiger partial charge in [-0.3, -0.25) is 0 Å². The van der Waals surface area contributed by atoms with Crippen molar-refractivity contribution in [2.24, 2.45) is 0 Å². The summed E-state index contributed by atoms with van der Waals surface area (Å²) in [5.41, 5.74) is 0.820. The Kier molecular flexibility index (Phi) is 4.09. The van der Waals surface area contributed by atoms with E-state index in [1.165, 1.54) is 24.3 Å². The molecule has 2 N–H and O–H groups in total. The Labute approximate surface area is 148 Å². The second-order valence-electron chi connectivity index (χ2n) is 5.75. The van der Waals surface area contributed by atoms with E-state index < -0.39 is 32.2 Å². The van der Waals surface area contributed by atoms with Crippen LogP contribution in [0.15, 0.2) is 40.1 Å². The van der Waals surface area contributed by atoms with E-state index in [-0.39, 0.29) is 20.8 Å². The fourth-order valence-corrected chi connectivity index (χ4v) is 4.77. The van der Waals surface area contributed by atoms with Crippen LogP contribution in [0.1, 0.15) is 21.6 Å². The van der Waals surface area contributed by atoms with Crippen molar-refractivity contribution in [1.29, 1.82) is 0 Å². The Morgan fingerprint density at radius 2 is 1.76 bits per heavy atom. The van der Waals surface area contributed by atoms with Crippen LogP contribution in [0.4, 0.5) is 4.39 Å². The maximum atomic E-state index is 14.5. The molecule has 1 heterocycles. The first-order chi connectivity index (χ1) is 11.6. The molecule has 130 valence electrons. The normalized spacial score (nSPS) is 11.8. The number of rotatable bonds is 3. The summed E-state index contributed by atoms with van der Waals surface area (Å²) in [4.78, 5) is 13.3. The van der Waals surface area contributed by atoms with Gasteiger partial charge in [0, 0.05) is 0 Å². The number of hydrogen-bond donors (Lipinski definition) is 2. The highest BCUT2D eigenvalue weighted by Gasteiger charge is 2.32. The number of benzene rings is 2. The van der Waals surface area contributed by atoms with Crippen molar-refractivity contribution in [3.63, 3.8) is 0 Å². The fraction of sp³-hybridized carbons (Fsp3) is 0.118. The van der Waals surface area contributed by atoms with Crippen LogP contribution < -0.4 is 0 Å². The highest BCUT2D eigenvalue weighted by Crippen LogP contribution is 2.36. The molecule has 25 heavy (non-hydrogen) atoms. The average molecular weight is 382 g/mol. The van der Waals surface area contributed by atoms with Crippen LogP contribution in [0.5, 0.6) is 0 Å². The number of fused-ring (bicyclic) bond motifs is 1. The summed E-state index contributed by atoms with van der Waals surface area (Å²) < 4.78 is 40.7.